The van der Waals surface area contributed by atoms with Crippen LogP contribution in [-0.4, -0.2) is 17.5 Å². The van der Waals surface area contributed by atoms with Crippen molar-refractivity contribution in [2.75, 3.05) is 6.54 Å². The van der Waals surface area contributed by atoms with Crippen molar-refractivity contribution in [1.82, 2.24) is 4.90 Å². The third-order valence-electron chi connectivity index (χ3n) is 3.06. The van der Waals surface area contributed by atoms with Gasteiger partial charge in [0.2, 0.25) is 0 Å². The molecule has 0 aromatic heterocycles. The summed E-state index contributed by atoms with van der Waals surface area (Å²) >= 11 is 2.31. The minimum Gasteiger partial charge on any atom is -0.284 e. The van der Waals surface area contributed by atoms with Gasteiger partial charge in [-0.15, -0.1) is 0 Å². The first-order valence-electron chi connectivity index (χ1n) is 5.68. The Bertz CT molecular complexity index is 380. The topological polar surface area (TPSA) is 27.0 Å². The second kappa shape index (κ2) is 5.65. The van der Waals surface area contributed by atoms with Crippen LogP contribution in [0.2, 0.25) is 0 Å². The fraction of sp³-hybridized carbons (Fsp3) is 0.462. The molecule has 1 atom stereocenters. The average Bonchev–Trinajstić information content (AvgIpc) is 2.33. The number of piperidine rings is 1. The van der Waals surface area contributed by atoms with Crippen LogP contribution in [0.4, 0.5) is 0 Å². The Morgan fingerprint density at radius 3 is 2.75 bits per heavy atom. The third kappa shape index (κ3) is 2.96. The second-order valence-corrected chi connectivity index (χ2v) is 5.48. The molecule has 16 heavy (non-hydrogen) atoms. The number of hydrogen-bond acceptors (Lipinski definition) is 2. The molecule has 1 aliphatic heterocycles. The number of likely N-dealkylation sites (tertiary alicyclic amines) is 1. The van der Waals surface area contributed by atoms with E-state index in [1.165, 1.54) is 22.0 Å². The quantitative estimate of drug-likeness (QED) is 0.781. The van der Waals surface area contributed by atoms with E-state index in [-0.39, 0.29) is 6.04 Å². The van der Waals surface area contributed by atoms with Crippen LogP contribution in [0.15, 0.2) is 24.3 Å². The fourth-order valence-electron chi connectivity index (χ4n) is 2.15. The van der Waals surface area contributed by atoms with E-state index in [0.29, 0.717) is 0 Å². The van der Waals surface area contributed by atoms with Crippen LogP contribution >= 0.6 is 22.6 Å². The van der Waals surface area contributed by atoms with Gasteiger partial charge in [0.25, 0.3) is 0 Å². The molecule has 2 nitrogen and oxygen atoms in total. The maximum Gasteiger partial charge on any atom is 0.0980 e. The molecule has 84 valence electrons. The molecule has 0 radical (unpaired) electrons. The molecule has 0 N–H and O–H groups in total. The highest BCUT2D eigenvalue weighted by Crippen LogP contribution is 2.19. The summed E-state index contributed by atoms with van der Waals surface area (Å²) in [6.07, 6.45) is 3.45. The Labute approximate surface area is 110 Å². The van der Waals surface area contributed by atoms with Crippen molar-refractivity contribution in [3.05, 3.63) is 33.4 Å². The molecule has 1 aliphatic rings. The lowest BCUT2D eigenvalue weighted by Gasteiger charge is -2.31. The van der Waals surface area contributed by atoms with Gasteiger partial charge in [0, 0.05) is 10.1 Å². The van der Waals surface area contributed by atoms with Crippen LogP contribution in [0.5, 0.6) is 0 Å². The first kappa shape index (κ1) is 11.9. The van der Waals surface area contributed by atoms with Crippen LogP contribution in [0, 0.1) is 14.9 Å². The lowest BCUT2D eigenvalue weighted by molar-refractivity contribution is 0.176. The summed E-state index contributed by atoms with van der Waals surface area (Å²) in [4.78, 5) is 2.30. The Morgan fingerprint density at radius 1 is 1.31 bits per heavy atom. The van der Waals surface area contributed by atoms with Gasteiger partial charge in [-0.2, -0.15) is 5.26 Å². The molecule has 0 spiro atoms. The van der Waals surface area contributed by atoms with Gasteiger partial charge in [0.1, 0.15) is 0 Å². The zero-order chi connectivity index (χ0) is 11.4. The van der Waals surface area contributed by atoms with Crippen molar-refractivity contribution in [3.63, 3.8) is 0 Å². The van der Waals surface area contributed by atoms with Gasteiger partial charge in [0.05, 0.1) is 12.1 Å². The smallest absolute Gasteiger partial charge is 0.0980 e. The Kier molecular flexibility index (Phi) is 4.19. The molecule has 1 saturated heterocycles. The maximum absolute atomic E-state index is 9.09. The zero-order valence-corrected chi connectivity index (χ0v) is 11.4. The highest BCUT2D eigenvalue weighted by atomic mass is 127. The van der Waals surface area contributed by atoms with Crippen LogP contribution < -0.4 is 0 Å². The number of nitriles is 1. The van der Waals surface area contributed by atoms with Crippen LogP contribution in [0.1, 0.15) is 24.8 Å². The molecule has 1 fully saturated rings. The largest absolute Gasteiger partial charge is 0.284 e. The van der Waals surface area contributed by atoms with E-state index in [9.17, 15) is 0 Å². The number of hydrogen-bond donors (Lipinski definition) is 0. The summed E-state index contributed by atoms with van der Waals surface area (Å²) in [6.45, 7) is 1.97. The number of nitrogens with zero attached hydrogens (tertiary/aromatic N) is 2. The predicted octanol–water partition coefficient (Wildman–Crippen LogP) is 3.17. The van der Waals surface area contributed by atoms with Crippen molar-refractivity contribution in [3.8, 4) is 6.07 Å². The molecular formula is C13H15IN2. The van der Waals surface area contributed by atoms with Crippen molar-refractivity contribution < 1.29 is 0 Å². The first-order valence-corrected chi connectivity index (χ1v) is 6.75. The molecule has 1 aromatic carbocycles. The fourth-order valence-corrected chi connectivity index (χ4v) is 2.51. The Morgan fingerprint density at radius 2 is 2.06 bits per heavy atom. The molecule has 2 rings (SSSR count). The molecule has 0 saturated carbocycles. The van der Waals surface area contributed by atoms with E-state index in [0.717, 1.165) is 19.5 Å². The summed E-state index contributed by atoms with van der Waals surface area (Å²) in [5, 5.41) is 9.09. The molecule has 1 aromatic rings. The SMILES string of the molecule is N#CC1CCCCN1Cc1ccc(I)cc1. The van der Waals surface area contributed by atoms with E-state index in [4.69, 9.17) is 5.26 Å². The highest BCUT2D eigenvalue weighted by Gasteiger charge is 2.21. The summed E-state index contributed by atoms with van der Waals surface area (Å²) in [5.41, 5.74) is 1.31. The van der Waals surface area contributed by atoms with Gasteiger partial charge in [-0.1, -0.05) is 12.1 Å². The average molecular weight is 326 g/mol. The van der Waals surface area contributed by atoms with Crippen molar-refractivity contribution >= 4 is 22.6 Å². The van der Waals surface area contributed by atoms with Gasteiger partial charge in [-0.3, -0.25) is 4.90 Å². The van der Waals surface area contributed by atoms with E-state index < -0.39 is 0 Å². The number of rotatable bonds is 2. The molecular weight excluding hydrogens is 311 g/mol. The van der Waals surface area contributed by atoms with Gasteiger partial charge in [0.15, 0.2) is 0 Å². The standard InChI is InChI=1S/C13H15IN2/c14-12-6-4-11(5-7-12)10-16-8-2-1-3-13(16)9-15/h4-7,13H,1-3,8,10H2. The lowest BCUT2D eigenvalue weighted by atomic mass is 10.0. The van der Waals surface area contributed by atoms with Gasteiger partial charge in [-0.05, 0) is 66.1 Å². The Balaban J connectivity index is 2.02. The van der Waals surface area contributed by atoms with Crippen LogP contribution in [0.3, 0.4) is 0 Å². The zero-order valence-electron chi connectivity index (χ0n) is 9.19. The normalized spacial score (nSPS) is 21.6. The first-order chi connectivity index (χ1) is 7.79. The maximum atomic E-state index is 9.09. The van der Waals surface area contributed by atoms with Gasteiger partial charge in [-0.25, -0.2) is 0 Å². The van der Waals surface area contributed by atoms with E-state index >= 15 is 0 Å². The third-order valence-corrected chi connectivity index (χ3v) is 3.78. The van der Waals surface area contributed by atoms with E-state index in [1.807, 2.05) is 0 Å². The summed E-state index contributed by atoms with van der Waals surface area (Å²) in [7, 11) is 0. The summed E-state index contributed by atoms with van der Waals surface area (Å²) in [6, 6.07) is 11.1. The molecule has 1 heterocycles. The molecule has 0 aliphatic carbocycles. The van der Waals surface area contributed by atoms with Crippen molar-refractivity contribution in [2.24, 2.45) is 0 Å². The van der Waals surface area contributed by atoms with E-state index in [2.05, 4.69) is 57.8 Å². The highest BCUT2D eigenvalue weighted by molar-refractivity contribution is 14.1. The van der Waals surface area contributed by atoms with Crippen LogP contribution in [-0.2, 0) is 6.54 Å². The predicted molar refractivity (Wildman–Crippen MR) is 72.8 cm³/mol. The van der Waals surface area contributed by atoms with Gasteiger partial charge >= 0.3 is 0 Å². The number of benzene rings is 1. The van der Waals surface area contributed by atoms with Gasteiger partial charge < -0.3 is 0 Å². The molecule has 0 bridgehead atoms. The summed E-state index contributed by atoms with van der Waals surface area (Å²) in [5.74, 6) is 0. The summed E-state index contributed by atoms with van der Waals surface area (Å²) < 4.78 is 1.26. The van der Waals surface area contributed by atoms with Crippen molar-refractivity contribution in [2.45, 2.75) is 31.8 Å². The van der Waals surface area contributed by atoms with Crippen LogP contribution in [0.25, 0.3) is 0 Å². The second-order valence-electron chi connectivity index (χ2n) is 4.24. The lowest BCUT2D eigenvalue weighted by Crippen LogP contribution is -2.37. The monoisotopic (exact) mass is 326 g/mol. The minimum atomic E-state index is 0.119. The van der Waals surface area contributed by atoms with Crippen molar-refractivity contribution in [1.29, 1.82) is 5.26 Å². The number of halogens is 1. The van der Waals surface area contributed by atoms with E-state index in [1.54, 1.807) is 0 Å². The molecule has 1 unspecified atom stereocenters. The molecule has 0 amide bonds. The molecule has 3 heteroatoms. The minimum absolute atomic E-state index is 0.119. The Hall–Kier alpha value is -0.600.